The predicted octanol–water partition coefficient (Wildman–Crippen LogP) is 1.44. The Morgan fingerprint density at radius 2 is 1.89 bits per heavy atom. The third-order valence-electron chi connectivity index (χ3n) is 4.51. The molecule has 0 saturated carbocycles. The summed E-state index contributed by atoms with van der Waals surface area (Å²) < 4.78 is 0. The van der Waals surface area contributed by atoms with Crippen LogP contribution < -0.4 is 14.7 Å². The van der Waals surface area contributed by atoms with E-state index in [4.69, 9.17) is 4.98 Å². The van der Waals surface area contributed by atoms with E-state index in [1.807, 2.05) is 19.0 Å². The van der Waals surface area contributed by atoms with Gasteiger partial charge in [0.2, 0.25) is 11.9 Å². The first-order chi connectivity index (χ1) is 12.9. The fourth-order valence-corrected chi connectivity index (χ4v) is 3.04. The van der Waals surface area contributed by atoms with Crippen molar-refractivity contribution in [3.63, 3.8) is 0 Å². The number of piperazine rings is 1. The highest BCUT2D eigenvalue weighted by Gasteiger charge is 2.29. The van der Waals surface area contributed by atoms with Crippen molar-refractivity contribution in [2.75, 3.05) is 48.4 Å². The molecule has 2 aromatic rings. The minimum atomic E-state index is 0.157. The number of nitriles is 1. The highest BCUT2D eigenvalue weighted by molar-refractivity contribution is 5.52. The lowest BCUT2D eigenvalue weighted by Gasteiger charge is -2.40. The monoisotopic (exact) mass is 367 g/mol. The molecule has 3 heterocycles. The molecule has 0 spiro atoms. The van der Waals surface area contributed by atoms with E-state index in [2.05, 4.69) is 56.6 Å². The van der Waals surface area contributed by atoms with Gasteiger partial charge in [-0.1, -0.05) is 13.8 Å². The van der Waals surface area contributed by atoms with Gasteiger partial charge in [0.05, 0.1) is 0 Å². The zero-order valence-electron chi connectivity index (χ0n) is 16.5. The van der Waals surface area contributed by atoms with Gasteiger partial charge in [-0.2, -0.15) is 20.2 Å². The van der Waals surface area contributed by atoms with Gasteiger partial charge in [-0.05, 0) is 6.92 Å². The fraction of sp³-hybridized carbons (Fsp3) is 0.556. The van der Waals surface area contributed by atoms with Crippen molar-refractivity contribution in [2.24, 2.45) is 0 Å². The molecule has 0 aromatic carbocycles. The van der Waals surface area contributed by atoms with Gasteiger partial charge in [-0.3, -0.25) is 0 Å². The third kappa shape index (κ3) is 3.89. The highest BCUT2D eigenvalue weighted by Crippen LogP contribution is 2.24. The number of hydrogen-bond acceptors (Lipinski definition) is 9. The second-order valence-electron chi connectivity index (χ2n) is 7.17. The molecule has 142 valence electrons. The summed E-state index contributed by atoms with van der Waals surface area (Å²) >= 11 is 0. The van der Waals surface area contributed by atoms with E-state index in [-0.39, 0.29) is 12.0 Å². The fourth-order valence-electron chi connectivity index (χ4n) is 3.04. The molecule has 9 nitrogen and oxygen atoms in total. The minimum Gasteiger partial charge on any atom is -0.350 e. The Balaban J connectivity index is 1.86. The van der Waals surface area contributed by atoms with Gasteiger partial charge >= 0.3 is 0 Å². The number of aromatic nitrogens is 5. The van der Waals surface area contributed by atoms with Crippen LogP contribution in [0, 0.1) is 11.3 Å². The van der Waals surface area contributed by atoms with Gasteiger partial charge in [-0.15, -0.1) is 0 Å². The van der Waals surface area contributed by atoms with Crippen LogP contribution in [0.1, 0.15) is 38.2 Å². The van der Waals surface area contributed by atoms with Crippen LogP contribution in [0.2, 0.25) is 0 Å². The zero-order valence-corrected chi connectivity index (χ0v) is 16.5. The van der Waals surface area contributed by atoms with Crippen molar-refractivity contribution in [3.8, 4) is 6.07 Å². The van der Waals surface area contributed by atoms with Crippen LogP contribution in [-0.2, 0) is 0 Å². The smallest absolute Gasteiger partial charge is 0.230 e. The standard InChI is InChI=1S/C18H25N9/c1-12(2)15-22-17(25(4)5)24-18(23-15)27-9-8-26(11-13(27)3)16-14(10-19)20-6-7-21-16/h6-7,12-13H,8-9,11H2,1-5H3. The first-order valence-corrected chi connectivity index (χ1v) is 9.06. The van der Waals surface area contributed by atoms with E-state index >= 15 is 0 Å². The van der Waals surface area contributed by atoms with Gasteiger partial charge in [0.25, 0.3) is 0 Å². The lowest BCUT2D eigenvalue weighted by molar-refractivity contribution is 0.533. The maximum Gasteiger partial charge on any atom is 0.230 e. The van der Waals surface area contributed by atoms with Crippen molar-refractivity contribution in [1.29, 1.82) is 5.26 Å². The van der Waals surface area contributed by atoms with E-state index in [1.54, 1.807) is 12.4 Å². The minimum absolute atomic E-state index is 0.157. The van der Waals surface area contributed by atoms with Crippen LogP contribution in [0.25, 0.3) is 0 Å². The van der Waals surface area contributed by atoms with E-state index < -0.39 is 0 Å². The van der Waals surface area contributed by atoms with Gasteiger partial charge in [0.1, 0.15) is 11.9 Å². The number of anilines is 3. The molecule has 0 N–H and O–H groups in total. The Labute approximate surface area is 159 Å². The van der Waals surface area contributed by atoms with Crippen molar-refractivity contribution in [1.82, 2.24) is 24.9 Å². The van der Waals surface area contributed by atoms with Crippen LogP contribution in [0.5, 0.6) is 0 Å². The summed E-state index contributed by atoms with van der Waals surface area (Å²) in [7, 11) is 3.87. The summed E-state index contributed by atoms with van der Waals surface area (Å²) in [6.07, 6.45) is 3.17. The molecule has 27 heavy (non-hydrogen) atoms. The summed E-state index contributed by atoms with van der Waals surface area (Å²) in [4.78, 5) is 28.6. The Morgan fingerprint density at radius 3 is 2.52 bits per heavy atom. The van der Waals surface area contributed by atoms with Crippen LogP contribution >= 0.6 is 0 Å². The molecular formula is C18H25N9. The van der Waals surface area contributed by atoms with Crippen molar-refractivity contribution >= 4 is 17.7 Å². The molecule has 0 radical (unpaired) electrons. The van der Waals surface area contributed by atoms with E-state index in [0.717, 1.165) is 18.9 Å². The van der Waals surface area contributed by atoms with Gasteiger partial charge in [0.15, 0.2) is 11.5 Å². The Kier molecular flexibility index (Phi) is 5.35. The Morgan fingerprint density at radius 1 is 1.15 bits per heavy atom. The van der Waals surface area contributed by atoms with Crippen molar-refractivity contribution in [2.45, 2.75) is 32.7 Å². The van der Waals surface area contributed by atoms with Gasteiger partial charge < -0.3 is 14.7 Å². The predicted molar refractivity (Wildman–Crippen MR) is 104 cm³/mol. The number of hydrogen-bond donors (Lipinski definition) is 0. The Bertz CT molecular complexity index is 817. The molecule has 1 unspecified atom stereocenters. The first kappa shape index (κ1) is 18.8. The molecule has 1 fully saturated rings. The summed E-state index contributed by atoms with van der Waals surface area (Å²) in [5.74, 6) is 3.01. The summed E-state index contributed by atoms with van der Waals surface area (Å²) in [5.41, 5.74) is 0.357. The average molecular weight is 367 g/mol. The highest BCUT2D eigenvalue weighted by atomic mass is 15.4. The normalized spacial score (nSPS) is 17.1. The quantitative estimate of drug-likeness (QED) is 0.795. The largest absolute Gasteiger partial charge is 0.350 e. The molecule has 9 heteroatoms. The molecule has 1 aliphatic heterocycles. The van der Waals surface area contributed by atoms with Gasteiger partial charge in [0, 0.05) is 58.1 Å². The second kappa shape index (κ2) is 7.70. The van der Waals surface area contributed by atoms with E-state index in [0.29, 0.717) is 30.0 Å². The molecular weight excluding hydrogens is 342 g/mol. The summed E-state index contributed by atoms with van der Waals surface area (Å²) in [6.45, 7) is 8.46. The summed E-state index contributed by atoms with van der Waals surface area (Å²) in [5, 5.41) is 9.29. The molecule has 2 aromatic heterocycles. The topological polar surface area (TPSA) is 98.0 Å². The first-order valence-electron chi connectivity index (χ1n) is 9.06. The molecule has 1 saturated heterocycles. The molecule has 0 amide bonds. The average Bonchev–Trinajstić information content (AvgIpc) is 2.67. The number of nitrogens with zero attached hydrogens (tertiary/aromatic N) is 9. The molecule has 1 aliphatic rings. The molecule has 1 atom stereocenters. The zero-order chi connectivity index (χ0) is 19.6. The molecule has 0 aliphatic carbocycles. The van der Waals surface area contributed by atoms with Gasteiger partial charge in [-0.25, -0.2) is 9.97 Å². The SMILES string of the molecule is CC(C)c1nc(N(C)C)nc(N2CCN(c3nccnc3C#N)CC2C)n1. The summed E-state index contributed by atoms with van der Waals surface area (Å²) in [6, 6.07) is 2.28. The maximum absolute atomic E-state index is 9.29. The number of rotatable bonds is 4. The lowest BCUT2D eigenvalue weighted by Crippen LogP contribution is -2.53. The van der Waals surface area contributed by atoms with E-state index in [1.165, 1.54) is 0 Å². The van der Waals surface area contributed by atoms with Crippen LogP contribution in [0.3, 0.4) is 0 Å². The van der Waals surface area contributed by atoms with Crippen molar-refractivity contribution < 1.29 is 0 Å². The second-order valence-corrected chi connectivity index (χ2v) is 7.17. The van der Waals surface area contributed by atoms with Crippen LogP contribution in [-0.4, -0.2) is 64.7 Å². The van der Waals surface area contributed by atoms with E-state index in [9.17, 15) is 5.26 Å². The third-order valence-corrected chi connectivity index (χ3v) is 4.51. The van der Waals surface area contributed by atoms with Crippen molar-refractivity contribution in [3.05, 3.63) is 23.9 Å². The van der Waals surface area contributed by atoms with Crippen LogP contribution in [0.4, 0.5) is 17.7 Å². The molecule has 0 bridgehead atoms. The lowest BCUT2D eigenvalue weighted by atomic mass is 10.2. The Hall–Kier alpha value is -3.02. The van der Waals surface area contributed by atoms with Crippen LogP contribution in [0.15, 0.2) is 12.4 Å². The maximum atomic E-state index is 9.29. The molecule has 3 rings (SSSR count).